The molecule has 11 heteroatoms. The van der Waals surface area contributed by atoms with Crippen molar-refractivity contribution in [1.82, 2.24) is 9.55 Å². The number of anilines is 3. The Hall–Kier alpha value is -4.51. The third-order valence-corrected chi connectivity index (χ3v) is 6.75. The zero-order valence-electron chi connectivity index (χ0n) is 24.1. The van der Waals surface area contributed by atoms with Gasteiger partial charge in [0.2, 0.25) is 11.9 Å². The molecular formula is C30H36FN7O3. The van der Waals surface area contributed by atoms with Crippen molar-refractivity contribution in [2.75, 3.05) is 48.9 Å². The minimum absolute atomic E-state index is 0.1000. The third-order valence-electron chi connectivity index (χ3n) is 6.75. The van der Waals surface area contributed by atoms with E-state index in [-0.39, 0.29) is 17.9 Å². The second-order valence-electron chi connectivity index (χ2n) is 9.70. The number of aliphatic imine (C=N–C) groups is 2. The molecule has 216 valence electrons. The van der Waals surface area contributed by atoms with Gasteiger partial charge in [0.15, 0.2) is 5.82 Å². The van der Waals surface area contributed by atoms with Crippen molar-refractivity contribution in [2.45, 2.75) is 33.7 Å². The van der Waals surface area contributed by atoms with Crippen LogP contribution in [0.15, 0.2) is 53.0 Å². The van der Waals surface area contributed by atoms with Gasteiger partial charge in [-0.15, -0.1) is 0 Å². The minimum atomic E-state index is -0.432. The molecule has 2 N–H and O–H groups in total. The quantitative estimate of drug-likeness (QED) is 0.212. The molecule has 0 unspecified atom stereocenters. The molecule has 2 aromatic carbocycles. The standard InChI is InChI=1S/C30H36FN7O3/c1-8-22(20-14-21(31)29-26(15-20)38(18(3)4)19(5)33-29)35-30(32-6)36-24-16-23(34-28(39)9-2)25(17-27(24)40-7)37-10-12-41-13-11-37/h8-9,14-18H,2,6,10-13H2,1,3-5,7H3,(H,34,39)(H,35,36)/b22-8-. The molecule has 1 aliphatic rings. The first-order valence-electron chi connectivity index (χ1n) is 13.4. The van der Waals surface area contributed by atoms with Gasteiger partial charge in [0.25, 0.3) is 0 Å². The highest BCUT2D eigenvalue weighted by atomic mass is 19.1. The van der Waals surface area contributed by atoms with Crippen LogP contribution in [0.2, 0.25) is 0 Å². The number of fused-ring (bicyclic) bond motifs is 1. The number of imidazole rings is 1. The monoisotopic (exact) mass is 561 g/mol. The molecule has 0 atom stereocenters. The van der Waals surface area contributed by atoms with Gasteiger partial charge in [-0.05, 0) is 58.7 Å². The first-order valence-corrected chi connectivity index (χ1v) is 13.4. The molecule has 4 rings (SSSR count). The minimum Gasteiger partial charge on any atom is -0.494 e. The van der Waals surface area contributed by atoms with Crippen LogP contribution in [-0.4, -0.2) is 61.5 Å². The molecule has 41 heavy (non-hydrogen) atoms. The predicted molar refractivity (Wildman–Crippen MR) is 164 cm³/mol. The van der Waals surface area contributed by atoms with Crippen molar-refractivity contribution in [1.29, 1.82) is 0 Å². The number of benzene rings is 2. The number of allylic oxidation sites excluding steroid dienone is 1. The molecule has 0 bridgehead atoms. The number of aryl methyl sites for hydroxylation is 1. The lowest BCUT2D eigenvalue weighted by atomic mass is 10.1. The Morgan fingerprint density at radius 3 is 2.54 bits per heavy atom. The first kappa shape index (κ1) is 29.5. The van der Waals surface area contributed by atoms with Gasteiger partial charge >= 0.3 is 0 Å². The molecular weight excluding hydrogens is 525 g/mol. The van der Waals surface area contributed by atoms with Crippen LogP contribution < -0.4 is 20.3 Å². The Morgan fingerprint density at radius 2 is 1.93 bits per heavy atom. The van der Waals surface area contributed by atoms with Crippen LogP contribution in [-0.2, 0) is 9.53 Å². The number of guanidine groups is 1. The van der Waals surface area contributed by atoms with E-state index in [2.05, 4.69) is 43.8 Å². The highest BCUT2D eigenvalue weighted by Gasteiger charge is 2.21. The number of methoxy groups -OCH3 is 1. The summed E-state index contributed by atoms with van der Waals surface area (Å²) >= 11 is 0. The molecule has 1 aromatic heterocycles. The third kappa shape index (κ3) is 6.30. The summed E-state index contributed by atoms with van der Waals surface area (Å²) in [6.45, 7) is 17.4. The number of amides is 1. The molecule has 10 nitrogen and oxygen atoms in total. The van der Waals surface area contributed by atoms with Crippen molar-refractivity contribution in [2.24, 2.45) is 9.98 Å². The van der Waals surface area contributed by atoms with E-state index in [4.69, 9.17) is 9.47 Å². The van der Waals surface area contributed by atoms with Crippen molar-refractivity contribution in [3.05, 3.63) is 60.2 Å². The van der Waals surface area contributed by atoms with Gasteiger partial charge in [-0.3, -0.25) is 4.79 Å². The van der Waals surface area contributed by atoms with E-state index < -0.39 is 5.82 Å². The number of morpholine rings is 1. The van der Waals surface area contributed by atoms with Gasteiger partial charge in [-0.2, -0.15) is 0 Å². The number of ether oxygens (including phenoxy) is 2. The Kier molecular flexibility index (Phi) is 9.18. The van der Waals surface area contributed by atoms with E-state index in [0.29, 0.717) is 65.7 Å². The van der Waals surface area contributed by atoms with E-state index in [1.54, 1.807) is 19.3 Å². The summed E-state index contributed by atoms with van der Waals surface area (Å²) in [6, 6.07) is 6.97. The van der Waals surface area contributed by atoms with Crippen molar-refractivity contribution in [3.8, 4) is 5.75 Å². The average Bonchev–Trinajstić information content (AvgIpc) is 3.32. The summed E-state index contributed by atoms with van der Waals surface area (Å²) in [7, 11) is 1.55. The number of hydrogen-bond donors (Lipinski definition) is 2. The molecule has 2 heterocycles. The van der Waals surface area contributed by atoms with Crippen LogP contribution in [0, 0.1) is 12.7 Å². The zero-order valence-corrected chi connectivity index (χ0v) is 24.1. The number of carbonyl (C=O) groups is 1. The van der Waals surface area contributed by atoms with Crippen LogP contribution in [0.3, 0.4) is 0 Å². The van der Waals surface area contributed by atoms with E-state index in [1.807, 2.05) is 44.4 Å². The Labute approximate surface area is 239 Å². The highest BCUT2D eigenvalue weighted by molar-refractivity contribution is 6.05. The van der Waals surface area contributed by atoms with Gasteiger partial charge in [-0.1, -0.05) is 12.7 Å². The second-order valence-corrected chi connectivity index (χ2v) is 9.70. The number of hydrogen-bond acceptors (Lipinski definition) is 6. The zero-order chi connectivity index (χ0) is 29.7. The number of carbonyl (C=O) groups excluding carboxylic acids is 1. The Bertz CT molecular complexity index is 1530. The van der Waals surface area contributed by atoms with Crippen LogP contribution >= 0.6 is 0 Å². The Morgan fingerprint density at radius 1 is 1.20 bits per heavy atom. The lowest BCUT2D eigenvalue weighted by Crippen LogP contribution is -2.36. The maximum absolute atomic E-state index is 15.2. The SMILES string of the molecule is C=CC(=O)Nc1cc(NC(N=C)=N/C(=C\C)c2cc(F)c3nc(C)n(C(C)C)c3c2)c(OC)cc1N1CCOCC1. The molecule has 0 radical (unpaired) electrons. The summed E-state index contributed by atoms with van der Waals surface area (Å²) in [6.07, 6.45) is 2.98. The topological polar surface area (TPSA) is 105 Å². The fourth-order valence-electron chi connectivity index (χ4n) is 4.89. The van der Waals surface area contributed by atoms with Gasteiger partial charge in [0, 0.05) is 30.8 Å². The predicted octanol–water partition coefficient (Wildman–Crippen LogP) is 5.56. The number of aromatic nitrogens is 2. The van der Waals surface area contributed by atoms with Gasteiger partial charge in [0.1, 0.15) is 17.1 Å². The average molecular weight is 562 g/mol. The lowest BCUT2D eigenvalue weighted by Gasteiger charge is -2.31. The fourth-order valence-corrected chi connectivity index (χ4v) is 4.89. The van der Waals surface area contributed by atoms with Gasteiger partial charge in [-0.25, -0.2) is 19.4 Å². The number of nitrogens with one attached hydrogen (secondary N) is 2. The van der Waals surface area contributed by atoms with E-state index in [9.17, 15) is 4.79 Å². The number of halogens is 1. The number of rotatable bonds is 8. The molecule has 0 aliphatic carbocycles. The fraction of sp³-hybridized carbons (Fsp3) is 0.333. The second kappa shape index (κ2) is 12.8. The van der Waals surface area contributed by atoms with Gasteiger partial charge in [0.05, 0.1) is 48.6 Å². The molecule has 1 fully saturated rings. The maximum Gasteiger partial charge on any atom is 0.247 e. The molecule has 1 amide bonds. The summed E-state index contributed by atoms with van der Waals surface area (Å²) < 4.78 is 28.3. The Balaban J connectivity index is 1.74. The molecule has 0 spiro atoms. The van der Waals surface area contributed by atoms with Crippen molar-refractivity contribution in [3.63, 3.8) is 0 Å². The summed E-state index contributed by atoms with van der Waals surface area (Å²) in [5, 5.41) is 6.03. The van der Waals surface area contributed by atoms with Crippen LogP contribution in [0.1, 0.15) is 38.2 Å². The lowest BCUT2D eigenvalue weighted by molar-refractivity contribution is -0.111. The van der Waals surface area contributed by atoms with E-state index >= 15 is 4.39 Å². The molecule has 1 saturated heterocycles. The molecule has 1 aliphatic heterocycles. The van der Waals surface area contributed by atoms with Gasteiger partial charge < -0.3 is 29.6 Å². The summed E-state index contributed by atoms with van der Waals surface area (Å²) in [5.74, 6) is 0.615. The molecule has 3 aromatic rings. The van der Waals surface area contributed by atoms with E-state index in [0.717, 1.165) is 11.5 Å². The van der Waals surface area contributed by atoms with Crippen molar-refractivity contribution < 1.29 is 18.7 Å². The smallest absolute Gasteiger partial charge is 0.247 e. The van der Waals surface area contributed by atoms with E-state index in [1.165, 1.54) is 12.1 Å². The summed E-state index contributed by atoms with van der Waals surface area (Å²) in [4.78, 5) is 27.5. The first-order chi connectivity index (χ1) is 19.7. The maximum atomic E-state index is 15.2. The van der Waals surface area contributed by atoms with Crippen LogP contribution in [0.4, 0.5) is 21.5 Å². The largest absolute Gasteiger partial charge is 0.494 e. The highest BCUT2D eigenvalue weighted by Crippen LogP contribution is 2.38. The molecule has 0 saturated carbocycles. The number of nitrogens with zero attached hydrogens (tertiary/aromatic N) is 5. The van der Waals surface area contributed by atoms with Crippen molar-refractivity contribution >= 4 is 52.4 Å². The summed E-state index contributed by atoms with van der Waals surface area (Å²) in [5.41, 5.74) is 3.89. The van der Waals surface area contributed by atoms with Crippen LogP contribution in [0.25, 0.3) is 16.7 Å². The normalized spacial score (nSPS) is 14.4. The van der Waals surface area contributed by atoms with Crippen LogP contribution in [0.5, 0.6) is 5.75 Å².